The number of hydrogen-bond acceptors (Lipinski definition) is 6. The maximum absolute atomic E-state index is 13.3. The van der Waals surface area contributed by atoms with Crippen molar-refractivity contribution >= 4 is 16.7 Å². The molecule has 0 amide bonds. The fraction of sp³-hybridized carbons (Fsp3) is 0.368. The predicted octanol–water partition coefficient (Wildman–Crippen LogP) is 2.25. The molecule has 0 N–H and O–H groups in total. The van der Waals surface area contributed by atoms with E-state index in [2.05, 4.69) is 19.9 Å². The Bertz CT molecular complexity index is 1010. The van der Waals surface area contributed by atoms with E-state index in [4.69, 9.17) is 4.74 Å². The molecule has 0 bridgehead atoms. The lowest BCUT2D eigenvalue weighted by Gasteiger charge is -2.33. The Hall–Kier alpha value is -3.03. The molecule has 2 aromatic heterocycles. The molecular weight excluding hydrogens is 349 g/mol. The molecule has 1 aliphatic rings. The number of anilines is 1. The second-order valence-corrected chi connectivity index (χ2v) is 6.68. The van der Waals surface area contributed by atoms with Gasteiger partial charge in [0.05, 0.1) is 24.3 Å². The van der Waals surface area contributed by atoms with Gasteiger partial charge in [-0.15, -0.1) is 0 Å². The smallest absolute Gasteiger partial charge is 0.261 e. The largest absolute Gasteiger partial charge is 0.478 e. The van der Waals surface area contributed by atoms with Crippen molar-refractivity contribution in [3.05, 3.63) is 53.1 Å². The number of ether oxygens (including phenoxy) is 1. The molecule has 0 unspecified atom stereocenters. The molecule has 4 rings (SSSR count). The van der Waals surface area contributed by atoms with Gasteiger partial charge < -0.3 is 9.64 Å². The van der Waals surface area contributed by atoms with E-state index < -0.39 is 0 Å². The topological polar surface area (TPSA) is 73.1 Å². The Kier molecular flexibility index (Phi) is 4.70. The molecule has 140 valence electrons. The van der Waals surface area contributed by atoms with E-state index >= 15 is 0 Å². The van der Waals surface area contributed by atoms with Crippen LogP contribution in [0.15, 0.2) is 41.7 Å². The van der Waals surface area contributed by atoms with Crippen LogP contribution in [0.3, 0.4) is 0 Å². The van der Waals surface area contributed by atoms with Crippen molar-refractivity contribution in [2.24, 2.45) is 5.92 Å². The molecule has 3 heterocycles. The molecule has 1 saturated heterocycles. The number of aromatic nitrogens is 4. The molecule has 0 aliphatic carbocycles. The summed E-state index contributed by atoms with van der Waals surface area (Å²) < 4.78 is 20.2. The molecule has 8 heteroatoms. The molecule has 1 aliphatic heterocycles. The molecule has 7 nitrogen and oxygen atoms in total. The number of halogens is 1. The number of rotatable bonds is 4. The van der Waals surface area contributed by atoms with Gasteiger partial charge in [-0.1, -0.05) is 0 Å². The number of piperidine rings is 1. The Labute approximate surface area is 155 Å². The van der Waals surface area contributed by atoms with Gasteiger partial charge in [-0.05, 0) is 30.9 Å². The van der Waals surface area contributed by atoms with E-state index in [-0.39, 0.29) is 11.4 Å². The first-order valence-electron chi connectivity index (χ1n) is 8.90. The predicted molar refractivity (Wildman–Crippen MR) is 99.5 cm³/mol. The summed E-state index contributed by atoms with van der Waals surface area (Å²) in [6.45, 7) is 2.24. The standard InChI is InChI=1S/C19H20FN5O2/c1-27-18-17(21-6-7-22-18)24-8-4-13(5-9-24)11-25-12-23-16-10-14(20)2-3-15(16)19(25)26/h2-3,6-7,10,12-13H,4-5,8-9,11H2,1H3. The molecule has 0 spiro atoms. The Morgan fingerprint density at radius 3 is 2.74 bits per heavy atom. The van der Waals surface area contributed by atoms with E-state index in [0.29, 0.717) is 29.2 Å². The minimum atomic E-state index is -0.390. The van der Waals surface area contributed by atoms with Gasteiger partial charge in [0, 0.05) is 38.1 Å². The summed E-state index contributed by atoms with van der Waals surface area (Å²) in [5, 5.41) is 0.445. The van der Waals surface area contributed by atoms with Gasteiger partial charge in [-0.2, -0.15) is 0 Å². The Balaban J connectivity index is 1.47. The lowest BCUT2D eigenvalue weighted by atomic mass is 9.96. The van der Waals surface area contributed by atoms with Crippen molar-refractivity contribution in [3.8, 4) is 5.88 Å². The fourth-order valence-electron chi connectivity index (χ4n) is 3.55. The van der Waals surface area contributed by atoms with Crippen molar-refractivity contribution in [2.75, 3.05) is 25.1 Å². The highest BCUT2D eigenvalue weighted by Crippen LogP contribution is 2.27. The number of benzene rings is 1. The summed E-state index contributed by atoms with van der Waals surface area (Å²) in [7, 11) is 1.59. The van der Waals surface area contributed by atoms with Crippen LogP contribution in [0.25, 0.3) is 10.9 Å². The van der Waals surface area contributed by atoms with Crippen LogP contribution in [0.5, 0.6) is 5.88 Å². The minimum Gasteiger partial charge on any atom is -0.478 e. The maximum Gasteiger partial charge on any atom is 0.261 e. The lowest BCUT2D eigenvalue weighted by molar-refractivity contribution is 0.345. The molecule has 3 aromatic rings. The maximum atomic E-state index is 13.3. The minimum absolute atomic E-state index is 0.127. The van der Waals surface area contributed by atoms with Crippen LogP contribution >= 0.6 is 0 Å². The first-order valence-corrected chi connectivity index (χ1v) is 8.90. The lowest BCUT2D eigenvalue weighted by Crippen LogP contribution is -2.37. The van der Waals surface area contributed by atoms with Crippen molar-refractivity contribution in [3.63, 3.8) is 0 Å². The van der Waals surface area contributed by atoms with E-state index in [0.717, 1.165) is 31.7 Å². The van der Waals surface area contributed by atoms with Gasteiger partial charge in [0.15, 0.2) is 5.82 Å². The third-order valence-electron chi connectivity index (χ3n) is 5.00. The van der Waals surface area contributed by atoms with Crippen molar-refractivity contribution in [2.45, 2.75) is 19.4 Å². The SMILES string of the molecule is COc1nccnc1N1CCC(Cn2cnc3cc(F)ccc3c2=O)CC1. The summed E-state index contributed by atoms with van der Waals surface area (Å²) in [6, 6.07) is 4.08. The summed E-state index contributed by atoms with van der Waals surface area (Å²) in [6.07, 6.45) is 6.64. The van der Waals surface area contributed by atoms with Crippen LogP contribution in [-0.4, -0.2) is 39.7 Å². The van der Waals surface area contributed by atoms with Gasteiger partial charge in [0.25, 0.3) is 11.4 Å². The number of hydrogen-bond donors (Lipinski definition) is 0. The van der Waals surface area contributed by atoms with Crippen molar-refractivity contribution in [1.29, 1.82) is 0 Å². The van der Waals surface area contributed by atoms with E-state index in [1.54, 1.807) is 24.1 Å². The molecule has 0 radical (unpaired) electrons. The van der Waals surface area contributed by atoms with Crippen LogP contribution < -0.4 is 15.2 Å². The highest BCUT2D eigenvalue weighted by molar-refractivity contribution is 5.77. The zero-order valence-corrected chi connectivity index (χ0v) is 15.0. The number of nitrogens with zero attached hydrogens (tertiary/aromatic N) is 5. The van der Waals surface area contributed by atoms with Crippen LogP contribution in [0.4, 0.5) is 10.2 Å². The Morgan fingerprint density at radius 1 is 1.19 bits per heavy atom. The molecular formula is C19H20FN5O2. The van der Waals surface area contributed by atoms with E-state index in [9.17, 15) is 9.18 Å². The summed E-state index contributed by atoms with van der Waals surface area (Å²) in [4.78, 5) is 27.6. The van der Waals surface area contributed by atoms with E-state index in [1.165, 1.54) is 24.5 Å². The zero-order chi connectivity index (χ0) is 18.8. The third kappa shape index (κ3) is 3.47. The number of methoxy groups -OCH3 is 1. The van der Waals surface area contributed by atoms with Crippen LogP contribution in [0.1, 0.15) is 12.8 Å². The van der Waals surface area contributed by atoms with Crippen LogP contribution in [-0.2, 0) is 6.54 Å². The summed E-state index contributed by atoms with van der Waals surface area (Å²) >= 11 is 0. The summed E-state index contributed by atoms with van der Waals surface area (Å²) in [5.41, 5.74) is 0.263. The summed E-state index contributed by atoms with van der Waals surface area (Å²) in [5.74, 6) is 1.25. The second-order valence-electron chi connectivity index (χ2n) is 6.68. The van der Waals surface area contributed by atoms with Crippen molar-refractivity contribution in [1.82, 2.24) is 19.5 Å². The van der Waals surface area contributed by atoms with Gasteiger partial charge in [-0.3, -0.25) is 9.36 Å². The van der Waals surface area contributed by atoms with Gasteiger partial charge in [0.1, 0.15) is 5.82 Å². The monoisotopic (exact) mass is 369 g/mol. The van der Waals surface area contributed by atoms with Gasteiger partial charge >= 0.3 is 0 Å². The highest BCUT2D eigenvalue weighted by Gasteiger charge is 2.23. The quantitative estimate of drug-likeness (QED) is 0.702. The molecule has 0 atom stereocenters. The normalized spacial score (nSPS) is 15.3. The highest BCUT2D eigenvalue weighted by atomic mass is 19.1. The Morgan fingerprint density at radius 2 is 1.96 bits per heavy atom. The average molecular weight is 369 g/mol. The zero-order valence-electron chi connectivity index (χ0n) is 15.0. The number of fused-ring (bicyclic) bond motifs is 1. The first kappa shape index (κ1) is 17.4. The average Bonchev–Trinajstić information content (AvgIpc) is 2.70. The second kappa shape index (κ2) is 7.30. The van der Waals surface area contributed by atoms with Crippen LogP contribution in [0.2, 0.25) is 0 Å². The molecule has 27 heavy (non-hydrogen) atoms. The van der Waals surface area contributed by atoms with Crippen molar-refractivity contribution < 1.29 is 9.13 Å². The molecule has 1 fully saturated rings. The molecule has 0 saturated carbocycles. The van der Waals surface area contributed by atoms with Gasteiger partial charge in [-0.25, -0.2) is 19.3 Å². The molecule has 1 aromatic carbocycles. The van der Waals surface area contributed by atoms with Gasteiger partial charge in [0.2, 0.25) is 0 Å². The fourth-order valence-corrected chi connectivity index (χ4v) is 3.55. The van der Waals surface area contributed by atoms with Crippen LogP contribution in [0, 0.1) is 11.7 Å². The van der Waals surface area contributed by atoms with E-state index in [1.807, 2.05) is 0 Å². The first-order chi connectivity index (χ1) is 13.2. The third-order valence-corrected chi connectivity index (χ3v) is 5.00.